The van der Waals surface area contributed by atoms with Gasteiger partial charge in [0, 0.05) is 25.1 Å². The molecular weight excluding hydrogens is 964 g/mol. The largest absolute Gasteiger partial charge is 0.492 e. The zero-order valence-electron chi connectivity index (χ0n) is 40.7. The average molecular weight is 1020 g/mol. The molecule has 7 rings (SSSR count). The molecule has 0 radical (unpaired) electrons. The van der Waals surface area contributed by atoms with E-state index in [4.69, 9.17) is 15.2 Å². The van der Waals surface area contributed by atoms with Gasteiger partial charge in [-0.1, -0.05) is 63.2 Å². The Morgan fingerprint density at radius 1 is 0.958 bits per heavy atom. The molecule has 1 aliphatic rings. The zero-order valence-corrected chi connectivity index (χ0v) is 42.3. The van der Waals surface area contributed by atoms with Crippen LogP contribution in [0.15, 0.2) is 90.6 Å². The second-order valence-corrected chi connectivity index (χ2v) is 21.2. The van der Waals surface area contributed by atoms with Crippen molar-refractivity contribution in [3.8, 4) is 33.2 Å². The molecule has 6 aromatic rings. The number of nitrogens with two attached hydrogens (primary N) is 1. The lowest BCUT2D eigenvalue weighted by molar-refractivity contribution is -0.144. The van der Waals surface area contributed by atoms with Crippen LogP contribution in [0.5, 0.6) is 11.5 Å². The third-order valence-electron chi connectivity index (χ3n) is 12.0. The predicted octanol–water partition coefficient (Wildman–Crippen LogP) is 7.61. The molecule has 3 aromatic carbocycles. The van der Waals surface area contributed by atoms with Crippen molar-refractivity contribution < 1.29 is 41.5 Å². The van der Waals surface area contributed by atoms with Crippen molar-refractivity contribution >= 4 is 62.3 Å². The van der Waals surface area contributed by atoms with E-state index < -0.39 is 39.2 Å². The molecule has 0 unspecified atom stereocenters. The second-order valence-electron chi connectivity index (χ2n) is 18.4. The van der Waals surface area contributed by atoms with Gasteiger partial charge in [0.2, 0.25) is 27.7 Å². The monoisotopic (exact) mass is 1020 g/mol. The number of halogens is 1. The van der Waals surface area contributed by atoms with E-state index >= 15 is 0 Å². The number of benzene rings is 3. The molecule has 1 saturated heterocycles. The van der Waals surface area contributed by atoms with Crippen molar-refractivity contribution in [2.45, 2.75) is 92.0 Å². The number of aryl methyl sites for hydroxylation is 1. The highest BCUT2D eigenvalue weighted by molar-refractivity contribution is 7.92. The van der Waals surface area contributed by atoms with E-state index in [1.165, 1.54) is 37.4 Å². The number of aromatic amines is 1. The van der Waals surface area contributed by atoms with Crippen LogP contribution in [0.2, 0.25) is 0 Å². The van der Waals surface area contributed by atoms with Crippen LogP contribution < -0.4 is 35.9 Å². The van der Waals surface area contributed by atoms with Crippen molar-refractivity contribution in [1.82, 2.24) is 35.7 Å². The Labute approximate surface area is 421 Å². The number of hydrogen-bond donors (Lipinski definition) is 6. The van der Waals surface area contributed by atoms with Gasteiger partial charge in [0.25, 0.3) is 5.91 Å². The summed E-state index contributed by atoms with van der Waals surface area (Å²) >= 11 is 1.58. The maximum Gasteiger partial charge on any atom is 0.254 e. The number of unbranched alkanes of at least 4 members (excludes halogenated alkanes) is 1. The summed E-state index contributed by atoms with van der Waals surface area (Å²) in [4.78, 5) is 65.0. The summed E-state index contributed by atoms with van der Waals surface area (Å²) < 4.78 is 52.8. The Balaban J connectivity index is 0.887. The van der Waals surface area contributed by atoms with Gasteiger partial charge in [-0.25, -0.2) is 22.8 Å². The number of ether oxygens (including phenoxy) is 2. The van der Waals surface area contributed by atoms with Gasteiger partial charge in [-0.15, -0.1) is 11.3 Å². The predicted molar refractivity (Wildman–Crippen MR) is 273 cm³/mol. The minimum absolute atomic E-state index is 0.00506. The molecule has 4 heterocycles. The summed E-state index contributed by atoms with van der Waals surface area (Å²) in [5.74, 6) is -1.11. The third kappa shape index (κ3) is 13.5. The molecule has 1 fully saturated rings. The second kappa shape index (κ2) is 23.2. The smallest absolute Gasteiger partial charge is 0.254 e. The van der Waals surface area contributed by atoms with Gasteiger partial charge in [-0.3, -0.25) is 29.0 Å². The zero-order chi connectivity index (χ0) is 51.6. The Hall–Kier alpha value is -7.39. The molecular formula is C51H59FN10O8S2. The molecule has 7 N–H and O–H groups in total. The first kappa shape index (κ1) is 52.4. The van der Waals surface area contributed by atoms with Gasteiger partial charge in [-0.2, -0.15) is 5.10 Å². The van der Waals surface area contributed by atoms with Crippen LogP contribution >= 0.6 is 11.3 Å². The normalized spacial score (nSPS) is 14.1. The van der Waals surface area contributed by atoms with E-state index in [2.05, 4.69) is 40.8 Å². The molecule has 2 atom stereocenters. The molecule has 0 spiro atoms. The standard InChI is InChI=1S/C51H59FN10O8S2/c1-6-72(67,68)61-38-22-18-35(26-40(38)70-29-33-14-19-36(52)20-15-33)44-43(47(53)64)48(60-59-44)57-41-23-21-37(28-54-41)69-25-8-7-11-42(63)58-46(51(3,4)5)50(66)62-24-9-10-39(62)49(65)55-27-32-12-16-34(17-13-32)45-31(2)56-30-71-45/h12-23,26,28,30,39,46,61H,6-11,24-25,27,29H2,1-5H3,(H2,53,64)(H,55,65)(H,58,63)(H2,54,57,59,60)/t39-,46+/m0/s1. The molecule has 0 bridgehead atoms. The van der Waals surface area contributed by atoms with E-state index in [0.29, 0.717) is 61.5 Å². The fraction of sp³-hybridized carbons (Fsp3) is 0.353. The fourth-order valence-corrected chi connectivity index (χ4v) is 9.45. The summed E-state index contributed by atoms with van der Waals surface area (Å²) in [5.41, 5.74) is 11.4. The van der Waals surface area contributed by atoms with E-state index in [-0.39, 0.29) is 71.6 Å². The number of amides is 4. The van der Waals surface area contributed by atoms with Crippen LogP contribution in [-0.4, -0.2) is 88.1 Å². The number of carbonyl (C=O) groups excluding carboxylic acids is 4. The topological polar surface area (TPSA) is 253 Å². The van der Waals surface area contributed by atoms with Gasteiger partial charge in [0.05, 0.1) is 40.3 Å². The highest BCUT2D eigenvalue weighted by Crippen LogP contribution is 2.36. The van der Waals surface area contributed by atoms with E-state index in [0.717, 1.165) is 21.7 Å². The lowest BCUT2D eigenvalue weighted by Gasteiger charge is -2.35. The van der Waals surface area contributed by atoms with Crippen LogP contribution in [0.3, 0.4) is 0 Å². The number of hydrogen-bond acceptors (Lipinski definition) is 13. The van der Waals surface area contributed by atoms with Crippen LogP contribution in [0.1, 0.15) is 87.0 Å². The number of rotatable bonds is 22. The van der Waals surface area contributed by atoms with Gasteiger partial charge >= 0.3 is 0 Å². The summed E-state index contributed by atoms with van der Waals surface area (Å²) in [7, 11) is -3.69. The SMILES string of the molecule is CCS(=O)(=O)Nc1ccc(-c2n[nH]c(Nc3ccc(OCCCCC(=O)N[C@H](C(=O)N4CCC[C@H]4C(=O)NCc4ccc(-c5scnc5C)cc4)C(C)(C)C)cn3)c2C(N)=O)cc1OCc1ccc(F)cc1. The first-order valence-corrected chi connectivity index (χ1v) is 26.1. The highest BCUT2D eigenvalue weighted by Gasteiger charge is 2.41. The first-order valence-electron chi connectivity index (χ1n) is 23.5. The van der Waals surface area contributed by atoms with E-state index in [1.54, 1.807) is 46.6 Å². The van der Waals surface area contributed by atoms with Gasteiger partial charge in [0.1, 0.15) is 58.9 Å². The maximum absolute atomic E-state index is 14.0. The average Bonchev–Trinajstić information content (AvgIpc) is 4.13. The molecule has 72 heavy (non-hydrogen) atoms. The molecule has 4 amide bonds. The number of nitrogens with zero attached hydrogens (tertiary/aromatic N) is 4. The number of sulfonamides is 1. The quantitative estimate of drug-likeness (QED) is 0.0360. The number of nitrogens with one attached hydrogen (secondary N) is 5. The number of likely N-dealkylation sites (tertiary alicyclic amines) is 1. The number of thiazole rings is 1. The van der Waals surface area contributed by atoms with Crippen LogP contribution in [0.4, 0.5) is 21.7 Å². The van der Waals surface area contributed by atoms with E-state index in [1.807, 2.05) is 57.5 Å². The molecule has 21 heteroatoms. The van der Waals surface area contributed by atoms with Crippen molar-refractivity contribution in [1.29, 1.82) is 0 Å². The molecule has 3 aromatic heterocycles. The summed E-state index contributed by atoms with van der Waals surface area (Å²) in [6.07, 6.45) is 3.89. The number of primary amides is 1. The minimum Gasteiger partial charge on any atom is -0.492 e. The van der Waals surface area contributed by atoms with Crippen molar-refractivity contribution in [2.75, 3.05) is 28.9 Å². The molecule has 18 nitrogen and oxygen atoms in total. The number of carbonyl (C=O) groups is 4. The molecule has 380 valence electrons. The van der Waals surface area contributed by atoms with Gasteiger partial charge < -0.3 is 36.1 Å². The number of anilines is 3. The van der Waals surface area contributed by atoms with Crippen molar-refractivity contribution in [3.05, 3.63) is 119 Å². The van der Waals surface area contributed by atoms with Gasteiger partial charge in [-0.05, 0) is 98.0 Å². The summed E-state index contributed by atoms with van der Waals surface area (Å²) in [6, 6.07) is 20.1. The van der Waals surface area contributed by atoms with Crippen molar-refractivity contribution in [3.63, 3.8) is 0 Å². The van der Waals surface area contributed by atoms with Crippen LogP contribution in [-0.2, 0) is 37.6 Å². The summed E-state index contributed by atoms with van der Waals surface area (Å²) in [6.45, 7) is 10.2. The molecule has 0 saturated carbocycles. The van der Waals surface area contributed by atoms with Crippen LogP contribution in [0, 0.1) is 18.2 Å². The fourth-order valence-electron chi connectivity index (χ4n) is 7.99. The van der Waals surface area contributed by atoms with E-state index in [9.17, 15) is 32.0 Å². The Bertz CT molecular complexity index is 2980. The van der Waals surface area contributed by atoms with Gasteiger partial charge in [0.15, 0.2) is 0 Å². The lowest BCUT2D eigenvalue weighted by atomic mass is 9.85. The van der Waals surface area contributed by atoms with Crippen LogP contribution in [0.25, 0.3) is 21.7 Å². The molecule has 0 aliphatic carbocycles. The Morgan fingerprint density at radius 2 is 1.69 bits per heavy atom. The number of aromatic nitrogens is 4. The molecule has 1 aliphatic heterocycles. The first-order chi connectivity index (χ1) is 34.4. The number of H-pyrrole nitrogens is 1. The number of pyridine rings is 1. The maximum atomic E-state index is 14.0. The minimum atomic E-state index is -3.69. The Morgan fingerprint density at radius 3 is 2.36 bits per heavy atom. The summed E-state index contributed by atoms with van der Waals surface area (Å²) in [5, 5.41) is 16.1. The Kier molecular flexibility index (Phi) is 16.9. The third-order valence-corrected chi connectivity index (χ3v) is 14.2. The highest BCUT2D eigenvalue weighted by atomic mass is 32.2. The van der Waals surface area contributed by atoms with Crippen molar-refractivity contribution in [2.24, 2.45) is 11.1 Å². The lowest BCUT2D eigenvalue weighted by Crippen LogP contribution is -2.57.